The van der Waals surface area contributed by atoms with Gasteiger partial charge in [0.2, 0.25) is 5.79 Å². The molecule has 14 nitrogen and oxygen atoms in total. The summed E-state index contributed by atoms with van der Waals surface area (Å²) in [6.07, 6.45) is 2.30. The maximum absolute atomic E-state index is 12.9. The van der Waals surface area contributed by atoms with Gasteiger partial charge in [0.25, 0.3) is 0 Å². The number of allylic oxidation sites excluding steroid dienone is 1. The van der Waals surface area contributed by atoms with Crippen molar-refractivity contribution in [2.24, 2.45) is 29.1 Å². The number of esters is 1. The fraction of sp³-hybridized carbons (Fsp3) is 0.906. The first-order chi connectivity index (χ1) is 21.5. The van der Waals surface area contributed by atoms with Gasteiger partial charge in [0.05, 0.1) is 11.7 Å². The molecule has 0 amide bonds. The van der Waals surface area contributed by atoms with E-state index in [0.29, 0.717) is 50.1 Å². The van der Waals surface area contributed by atoms with E-state index in [9.17, 15) is 35.4 Å². The van der Waals surface area contributed by atoms with Crippen molar-refractivity contribution in [3.05, 3.63) is 11.6 Å². The number of aliphatic hydroxyl groups is 6. The average Bonchev–Trinajstić information content (AvgIpc) is 3.12. The third-order valence-electron chi connectivity index (χ3n) is 14.1. The van der Waals surface area contributed by atoms with Crippen LogP contribution in [0.2, 0.25) is 0 Å². The number of fused-ring (bicyclic) bond motifs is 5. The smallest absolute Gasteiger partial charge is 0.394 e. The summed E-state index contributed by atoms with van der Waals surface area (Å²) >= 11 is 0. The van der Waals surface area contributed by atoms with Crippen LogP contribution < -0.4 is 0 Å². The highest BCUT2D eigenvalue weighted by Crippen LogP contribution is 2.78. The summed E-state index contributed by atoms with van der Waals surface area (Å²) < 4.78 is 44.2. The molecule has 3 aliphatic heterocycles. The van der Waals surface area contributed by atoms with Crippen LogP contribution in [0.5, 0.6) is 0 Å². The molecular formula is C32H51NO13S. The molecule has 47 heavy (non-hydrogen) atoms. The van der Waals surface area contributed by atoms with Gasteiger partial charge in [-0.3, -0.25) is 14.0 Å². The van der Waals surface area contributed by atoms with E-state index in [0.717, 1.165) is 6.42 Å². The molecule has 0 aromatic carbocycles. The van der Waals surface area contributed by atoms with Gasteiger partial charge < -0.3 is 40.1 Å². The van der Waals surface area contributed by atoms with Crippen LogP contribution in [-0.4, -0.2) is 124 Å². The highest BCUT2D eigenvalue weighted by Gasteiger charge is 2.88. The molecule has 4 bridgehead atoms. The molecule has 7 fully saturated rings. The number of ether oxygens (including phenoxy) is 2. The van der Waals surface area contributed by atoms with Gasteiger partial charge >= 0.3 is 16.4 Å². The molecule has 14 atom stereocenters. The second-order valence-electron chi connectivity index (χ2n) is 16.1. The van der Waals surface area contributed by atoms with E-state index >= 15 is 0 Å². The van der Waals surface area contributed by atoms with Gasteiger partial charge in [-0.25, -0.2) is 4.79 Å². The van der Waals surface area contributed by atoms with Crippen LogP contribution in [0.15, 0.2) is 11.6 Å². The van der Waals surface area contributed by atoms with Crippen molar-refractivity contribution in [2.45, 2.75) is 138 Å². The summed E-state index contributed by atoms with van der Waals surface area (Å²) in [7, 11) is -4.67. The lowest BCUT2D eigenvalue weighted by Gasteiger charge is -2.68. The molecule has 268 valence electrons. The molecule has 7 unspecified atom stereocenters. The van der Waals surface area contributed by atoms with E-state index in [2.05, 4.69) is 11.8 Å². The Morgan fingerprint density at radius 3 is 2.17 bits per heavy atom. The summed E-state index contributed by atoms with van der Waals surface area (Å²) in [5, 5.41) is 73.9. The number of aliphatic hydroxyl groups excluding tert-OH is 1. The van der Waals surface area contributed by atoms with Crippen LogP contribution in [0.1, 0.15) is 86.0 Å². The Bertz CT molecular complexity index is 1450. The molecule has 8 N–H and O–H groups in total. The Hall–Kier alpha value is -1.24. The largest absolute Gasteiger partial charge is 0.453 e. The van der Waals surface area contributed by atoms with Crippen molar-refractivity contribution in [3.8, 4) is 0 Å². The second kappa shape index (κ2) is 10.6. The Labute approximate surface area is 275 Å². The van der Waals surface area contributed by atoms with Crippen molar-refractivity contribution in [2.75, 3.05) is 13.1 Å². The van der Waals surface area contributed by atoms with Crippen molar-refractivity contribution in [1.29, 1.82) is 0 Å². The molecule has 15 heteroatoms. The lowest BCUT2D eigenvalue weighted by Crippen LogP contribution is -2.85. The molecule has 3 heterocycles. The molecule has 7 rings (SSSR count). The summed E-state index contributed by atoms with van der Waals surface area (Å²) in [6, 6.07) is -0.387. The zero-order valence-electron chi connectivity index (χ0n) is 27.7. The van der Waals surface area contributed by atoms with E-state index in [1.54, 1.807) is 26.8 Å². The molecule has 0 radical (unpaired) electrons. The predicted octanol–water partition coefficient (Wildman–Crippen LogP) is 0.338. The van der Waals surface area contributed by atoms with Crippen LogP contribution in [-0.2, 0) is 24.7 Å². The Kier molecular flexibility index (Phi) is 8.05. The minimum Gasteiger partial charge on any atom is -0.453 e. The number of carbonyl (C=O) groups excluding carboxylic acids is 1. The number of rotatable bonds is 2. The number of piperidine rings is 2. The van der Waals surface area contributed by atoms with E-state index in [1.165, 1.54) is 0 Å². The van der Waals surface area contributed by atoms with E-state index < -0.39 is 85.5 Å². The van der Waals surface area contributed by atoms with Crippen molar-refractivity contribution >= 4 is 16.4 Å². The Morgan fingerprint density at radius 2 is 1.55 bits per heavy atom. The molecule has 4 saturated carbocycles. The standard InChI is InChI=1S/C32H49NO9.H2O4S/c1-6-18(3)25(35)41-24-11-12-26(4)19-8-9-20-28(37)13-23(34)31(39)21(29(28,38)16-30(20,26)42-32(19,24)40)15-33-14-17(2)7-10-22(33)27(31,5)36;1-5(2,3)4/h6,17,19-24,34,36-40H,7-16H2,1-5H3;(H2,1,2,3,4)/b18-6-;/t17?,19?,20?,21?,22?,23?,24?,26-,27+,28-,29-,30+,31-,32+;/m1./s1. The van der Waals surface area contributed by atoms with Gasteiger partial charge in [-0.1, -0.05) is 19.9 Å². The van der Waals surface area contributed by atoms with Crippen LogP contribution in [0.25, 0.3) is 0 Å². The zero-order valence-corrected chi connectivity index (χ0v) is 28.5. The van der Waals surface area contributed by atoms with Gasteiger partial charge in [-0.2, -0.15) is 8.42 Å². The van der Waals surface area contributed by atoms with Crippen molar-refractivity contribution in [3.63, 3.8) is 0 Å². The highest BCUT2D eigenvalue weighted by atomic mass is 32.3. The highest BCUT2D eigenvalue weighted by molar-refractivity contribution is 7.79. The second-order valence-corrected chi connectivity index (χ2v) is 17.0. The predicted molar refractivity (Wildman–Crippen MR) is 164 cm³/mol. The first-order valence-electron chi connectivity index (χ1n) is 16.7. The lowest BCUT2D eigenvalue weighted by molar-refractivity contribution is -0.354. The van der Waals surface area contributed by atoms with Crippen molar-refractivity contribution in [1.82, 2.24) is 4.90 Å². The monoisotopic (exact) mass is 689 g/mol. The summed E-state index contributed by atoms with van der Waals surface area (Å²) in [5.41, 5.74) is -8.96. The Morgan fingerprint density at radius 1 is 0.936 bits per heavy atom. The maximum atomic E-state index is 12.9. The van der Waals surface area contributed by atoms with Gasteiger partial charge in [0.15, 0.2) is 6.10 Å². The molecule has 0 aromatic rings. The summed E-state index contributed by atoms with van der Waals surface area (Å²) in [4.78, 5) is 14.9. The third-order valence-corrected chi connectivity index (χ3v) is 14.1. The SMILES string of the molecule is C/C=C(/C)C(=O)OC1CC[C@]2(C)C3CCC4[C@]5(O)CC(O)[C@]6(O)C(CN7CC(C)CCC7[C@]6(C)O)[C@]5(O)C[C@]42O[C@]13O.O=S(=O)(O)O. The van der Waals surface area contributed by atoms with Gasteiger partial charge in [0, 0.05) is 60.7 Å². The van der Waals surface area contributed by atoms with Crippen LogP contribution in [0.3, 0.4) is 0 Å². The topological polar surface area (TPSA) is 235 Å². The molecule has 7 aliphatic rings. The van der Waals surface area contributed by atoms with Crippen LogP contribution in [0.4, 0.5) is 0 Å². The fourth-order valence-electron chi connectivity index (χ4n) is 11.8. The zero-order chi connectivity index (χ0) is 35.0. The molecular weight excluding hydrogens is 638 g/mol. The van der Waals surface area contributed by atoms with E-state index in [1.807, 2.05) is 6.92 Å². The average molecular weight is 690 g/mol. The Balaban J connectivity index is 0.000000720. The van der Waals surface area contributed by atoms with Crippen LogP contribution >= 0.6 is 0 Å². The molecule has 0 aromatic heterocycles. The number of carbonyl (C=O) groups is 1. The minimum absolute atomic E-state index is 0.0606. The number of hydrogen-bond acceptors (Lipinski definition) is 12. The molecule has 3 saturated heterocycles. The lowest BCUT2D eigenvalue weighted by atomic mass is 9.49. The quantitative estimate of drug-likeness (QED) is 0.111. The molecule has 4 aliphatic carbocycles. The first kappa shape index (κ1) is 35.6. The van der Waals surface area contributed by atoms with Gasteiger partial charge in [-0.05, 0) is 65.2 Å². The summed E-state index contributed by atoms with van der Waals surface area (Å²) in [5.74, 6) is -4.05. The molecule has 1 spiro atoms. The number of nitrogens with zero attached hydrogens (tertiary/aromatic N) is 1. The fourth-order valence-corrected chi connectivity index (χ4v) is 11.8. The van der Waals surface area contributed by atoms with Crippen molar-refractivity contribution < 1.29 is 62.4 Å². The van der Waals surface area contributed by atoms with Gasteiger partial charge in [-0.15, -0.1) is 0 Å². The third kappa shape index (κ3) is 4.51. The van der Waals surface area contributed by atoms with Crippen LogP contribution in [0, 0.1) is 29.1 Å². The number of hydrogen-bond donors (Lipinski definition) is 8. The first-order valence-corrected chi connectivity index (χ1v) is 18.1. The normalized spacial score (nSPS) is 55.1. The van der Waals surface area contributed by atoms with E-state index in [4.69, 9.17) is 27.0 Å². The minimum atomic E-state index is -4.67. The van der Waals surface area contributed by atoms with E-state index in [-0.39, 0.29) is 25.4 Å². The maximum Gasteiger partial charge on any atom is 0.394 e. The van der Waals surface area contributed by atoms with Gasteiger partial charge in [0.1, 0.15) is 22.4 Å². The summed E-state index contributed by atoms with van der Waals surface area (Å²) in [6.45, 7) is 10.1.